The summed E-state index contributed by atoms with van der Waals surface area (Å²) in [5, 5.41) is 15.4. The van der Waals surface area contributed by atoms with Gasteiger partial charge in [-0.15, -0.1) is 13.2 Å². The van der Waals surface area contributed by atoms with E-state index in [9.17, 15) is 9.59 Å². The zero-order valence-electron chi connectivity index (χ0n) is 7.99. The molecule has 0 aromatic heterocycles. The molecule has 4 heteroatoms. The lowest BCUT2D eigenvalue weighted by Gasteiger charge is -1.80. The summed E-state index contributed by atoms with van der Waals surface area (Å²) in [5.74, 6) is -2.62. The molecule has 0 radical (unpaired) electrons. The van der Waals surface area contributed by atoms with Crippen molar-refractivity contribution in [2.45, 2.75) is 20.3 Å². The highest BCUT2D eigenvalue weighted by Gasteiger charge is 2.01. The molecule has 0 fully saturated rings. The molecule has 0 aliphatic heterocycles. The highest BCUT2D eigenvalue weighted by molar-refractivity contribution is 5.88. The molecule has 0 aliphatic rings. The van der Waals surface area contributed by atoms with Crippen molar-refractivity contribution < 1.29 is 19.8 Å². The average Bonchev–Trinajstić information content (AvgIpc) is 1.86. The maximum absolute atomic E-state index is 9.43. The minimum Gasteiger partial charge on any atom is -0.481 e. The molecule has 4 nitrogen and oxygen atoms in total. The largest absolute Gasteiger partial charge is 0.481 e. The fraction of sp³-hybridized carbons (Fsp3) is 0.333. The van der Waals surface area contributed by atoms with E-state index in [-0.39, 0.29) is 0 Å². The van der Waals surface area contributed by atoms with E-state index in [0.29, 0.717) is 0 Å². The molecule has 0 spiro atoms. The van der Waals surface area contributed by atoms with Crippen LogP contribution in [0.2, 0.25) is 0 Å². The summed E-state index contributed by atoms with van der Waals surface area (Å²) < 4.78 is 0. The Morgan fingerprint density at radius 3 is 1.23 bits per heavy atom. The minimum absolute atomic E-state index is 0.806. The molecular weight excluding hydrogens is 172 g/mol. The lowest BCUT2D eigenvalue weighted by Crippen LogP contribution is -2.03. The van der Waals surface area contributed by atoms with Gasteiger partial charge < -0.3 is 10.2 Å². The van der Waals surface area contributed by atoms with Crippen LogP contribution in [0.4, 0.5) is 0 Å². The summed E-state index contributed by atoms with van der Waals surface area (Å²) in [4.78, 5) is 18.9. The van der Waals surface area contributed by atoms with Gasteiger partial charge in [-0.05, 0) is 13.8 Å². The first kappa shape index (κ1) is 17.5. The van der Waals surface area contributed by atoms with Crippen LogP contribution in [0.25, 0.3) is 0 Å². The van der Waals surface area contributed by atoms with Gasteiger partial charge in [-0.25, -0.2) is 0 Å². The topological polar surface area (TPSA) is 74.6 Å². The number of carbonyl (C=O) groups is 2. The number of hydrogen-bond acceptors (Lipinski definition) is 2. The SMILES string of the molecule is C=CC.C=CC.O=C(O)CC(=O)O. The molecule has 0 unspecified atom stereocenters. The molecule has 0 atom stereocenters. The minimum atomic E-state index is -1.31. The van der Waals surface area contributed by atoms with Crippen molar-refractivity contribution in [1.29, 1.82) is 0 Å². The molecule has 0 saturated heterocycles. The predicted molar refractivity (Wildman–Crippen MR) is 51.6 cm³/mol. The normalized spacial score (nSPS) is 6.31. The van der Waals surface area contributed by atoms with E-state index in [1.165, 1.54) is 0 Å². The van der Waals surface area contributed by atoms with Gasteiger partial charge in [0.15, 0.2) is 0 Å². The first-order valence-electron chi connectivity index (χ1n) is 3.53. The van der Waals surface area contributed by atoms with Crippen molar-refractivity contribution in [3.63, 3.8) is 0 Å². The molecule has 0 bridgehead atoms. The van der Waals surface area contributed by atoms with E-state index in [4.69, 9.17) is 10.2 Å². The van der Waals surface area contributed by atoms with Gasteiger partial charge in [0.2, 0.25) is 0 Å². The molecule has 0 heterocycles. The van der Waals surface area contributed by atoms with E-state index in [0.717, 1.165) is 0 Å². The predicted octanol–water partition coefficient (Wildman–Crippen LogP) is 1.93. The average molecular weight is 188 g/mol. The molecule has 0 amide bonds. The molecule has 0 aliphatic carbocycles. The first-order valence-corrected chi connectivity index (χ1v) is 3.53. The van der Waals surface area contributed by atoms with Crippen LogP contribution in [0, 0.1) is 0 Å². The Balaban J connectivity index is -0.000000140. The van der Waals surface area contributed by atoms with Gasteiger partial charge in [-0.3, -0.25) is 9.59 Å². The third kappa shape index (κ3) is 126. The van der Waals surface area contributed by atoms with E-state index < -0.39 is 18.4 Å². The third-order valence-electron chi connectivity index (χ3n) is 0.302. The Morgan fingerprint density at radius 1 is 1.08 bits per heavy atom. The van der Waals surface area contributed by atoms with Crippen LogP contribution in [0.3, 0.4) is 0 Å². The van der Waals surface area contributed by atoms with Crippen LogP contribution < -0.4 is 0 Å². The lowest BCUT2D eigenvalue weighted by molar-refractivity contribution is -0.147. The van der Waals surface area contributed by atoms with Gasteiger partial charge in [-0.1, -0.05) is 12.2 Å². The molecule has 0 aromatic rings. The van der Waals surface area contributed by atoms with Gasteiger partial charge in [0.1, 0.15) is 6.42 Å². The van der Waals surface area contributed by atoms with Crippen LogP contribution in [0.15, 0.2) is 25.3 Å². The van der Waals surface area contributed by atoms with Crippen LogP contribution >= 0.6 is 0 Å². The quantitative estimate of drug-likeness (QED) is 0.513. The van der Waals surface area contributed by atoms with Crippen molar-refractivity contribution >= 4 is 11.9 Å². The number of hydrogen-bond donors (Lipinski definition) is 2. The number of rotatable bonds is 2. The zero-order valence-corrected chi connectivity index (χ0v) is 7.99. The van der Waals surface area contributed by atoms with E-state index in [1.807, 2.05) is 13.8 Å². The number of carboxylic acid groups (broad SMARTS) is 2. The highest BCUT2D eigenvalue weighted by Crippen LogP contribution is 1.74. The monoisotopic (exact) mass is 188 g/mol. The summed E-state index contributed by atoms with van der Waals surface area (Å²) >= 11 is 0. The summed E-state index contributed by atoms with van der Waals surface area (Å²) in [6.07, 6.45) is 2.69. The van der Waals surface area contributed by atoms with Crippen molar-refractivity contribution in [1.82, 2.24) is 0 Å². The van der Waals surface area contributed by atoms with Crippen molar-refractivity contribution in [3.8, 4) is 0 Å². The number of aliphatic carboxylic acids is 2. The highest BCUT2D eigenvalue weighted by atomic mass is 16.4. The van der Waals surface area contributed by atoms with Crippen LogP contribution in [0.5, 0.6) is 0 Å². The Kier molecular flexibility index (Phi) is 22.6. The van der Waals surface area contributed by atoms with Crippen LogP contribution in [-0.2, 0) is 9.59 Å². The summed E-state index contributed by atoms with van der Waals surface area (Å²) in [5.41, 5.74) is 0. The smallest absolute Gasteiger partial charge is 0.314 e. The van der Waals surface area contributed by atoms with Gasteiger partial charge in [0.05, 0.1) is 0 Å². The molecule has 0 saturated carbocycles. The first-order chi connectivity index (χ1) is 5.95. The van der Waals surface area contributed by atoms with E-state index >= 15 is 0 Å². The van der Waals surface area contributed by atoms with Gasteiger partial charge in [0.25, 0.3) is 0 Å². The fourth-order valence-electron chi connectivity index (χ4n) is 0.129. The van der Waals surface area contributed by atoms with Crippen molar-refractivity contribution in [3.05, 3.63) is 25.3 Å². The molecule has 0 rings (SSSR count). The lowest BCUT2D eigenvalue weighted by atomic mass is 10.5. The summed E-state index contributed by atoms with van der Waals surface area (Å²) in [7, 11) is 0. The molecule has 2 N–H and O–H groups in total. The van der Waals surface area contributed by atoms with Gasteiger partial charge >= 0.3 is 11.9 Å². The second-order valence-electron chi connectivity index (χ2n) is 1.78. The Hall–Kier alpha value is -1.58. The van der Waals surface area contributed by atoms with Gasteiger partial charge in [-0.2, -0.15) is 0 Å². The second-order valence-corrected chi connectivity index (χ2v) is 1.78. The van der Waals surface area contributed by atoms with Crippen LogP contribution in [-0.4, -0.2) is 22.2 Å². The summed E-state index contributed by atoms with van der Waals surface area (Å²) in [6, 6.07) is 0. The third-order valence-corrected chi connectivity index (χ3v) is 0.302. The zero-order chi connectivity index (χ0) is 11.3. The number of allylic oxidation sites excluding steroid dienone is 2. The molecule has 0 aromatic carbocycles. The molecule has 76 valence electrons. The number of carboxylic acids is 2. The fourth-order valence-corrected chi connectivity index (χ4v) is 0.129. The standard InChI is InChI=1S/C3H4O4.2C3H6/c4-2(5)1-3(6)7;2*1-3-2/h1H2,(H,4,5)(H,6,7);2*3H,1H2,2H3. The maximum Gasteiger partial charge on any atom is 0.314 e. The van der Waals surface area contributed by atoms with E-state index in [1.54, 1.807) is 12.2 Å². The van der Waals surface area contributed by atoms with Gasteiger partial charge in [0, 0.05) is 0 Å². The Morgan fingerprint density at radius 2 is 1.23 bits per heavy atom. The van der Waals surface area contributed by atoms with Crippen molar-refractivity contribution in [2.24, 2.45) is 0 Å². The van der Waals surface area contributed by atoms with E-state index in [2.05, 4.69) is 13.2 Å². The van der Waals surface area contributed by atoms with Crippen LogP contribution in [0.1, 0.15) is 20.3 Å². The second kappa shape index (κ2) is 16.8. The summed E-state index contributed by atoms with van der Waals surface area (Å²) in [6.45, 7) is 10.5. The molecule has 13 heavy (non-hydrogen) atoms. The Labute approximate surface area is 78.2 Å². The maximum atomic E-state index is 9.43. The van der Waals surface area contributed by atoms with Crippen molar-refractivity contribution in [2.75, 3.05) is 0 Å². The Bertz CT molecular complexity index is 143. The molecular formula is C9H16O4.